The molecule has 4 nitrogen and oxygen atoms in total. The molecule has 0 spiro atoms. The fraction of sp³-hybridized carbons (Fsp3) is 0. The van der Waals surface area contributed by atoms with Gasteiger partial charge in [0, 0.05) is 11.1 Å². The van der Waals surface area contributed by atoms with E-state index in [9.17, 15) is 14.0 Å². The van der Waals surface area contributed by atoms with Crippen molar-refractivity contribution in [2.45, 2.75) is 0 Å². The molecule has 1 aliphatic rings. The number of Topliss-reactive ketones (excluding diaryl/α,β-unsaturated/α-hetero) is 1. The molecule has 0 aromatic heterocycles. The zero-order chi connectivity index (χ0) is 19.7. The number of esters is 1. The minimum absolute atomic E-state index is 0.0711. The summed E-state index contributed by atoms with van der Waals surface area (Å²) in [6.45, 7) is 0. The van der Waals surface area contributed by atoms with Crippen molar-refractivity contribution in [3.05, 3.63) is 100 Å². The van der Waals surface area contributed by atoms with Gasteiger partial charge < -0.3 is 9.47 Å². The first-order valence-corrected chi connectivity index (χ1v) is 8.69. The summed E-state index contributed by atoms with van der Waals surface area (Å²) in [5.74, 6) is -0.714. The van der Waals surface area contributed by atoms with Crippen molar-refractivity contribution in [2.75, 3.05) is 0 Å². The summed E-state index contributed by atoms with van der Waals surface area (Å²) < 4.78 is 24.2. The number of rotatable bonds is 3. The number of carbonyl (C=O) groups is 2. The predicted octanol–water partition coefficient (Wildman–Crippen LogP) is 5.31. The Morgan fingerprint density at radius 2 is 1.82 bits per heavy atom. The van der Waals surface area contributed by atoms with Gasteiger partial charge in [0.25, 0.3) is 0 Å². The summed E-state index contributed by atoms with van der Waals surface area (Å²) in [6.07, 6.45) is 1.46. The molecule has 138 valence electrons. The van der Waals surface area contributed by atoms with Gasteiger partial charge in [-0.2, -0.15) is 0 Å². The maximum atomic E-state index is 13.3. The maximum absolute atomic E-state index is 13.3. The van der Waals surface area contributed by atoms with Crippen LogP contribution in [0.2, 0.25) is 5.02 Å². The molecule has 1 aliphatic heterocycles. The molecule has 6 heteroatoms. The number of ketones is 1. The van der Waals surface area contributed by atoms with E-state index < -0.39 is 11.8 Å². The van der Waals surface area contributed by atoms with Crippen LogP contribution in [0.3, 0.4) is 0 Å². The van der Waals surface area contributed by atoms with Crippen LogP contribution in [0.25, 0.3) is 6.08 Å². The van der Waals surface area contributed by atoms with E-state index in [2.05, 4.69) is 0 Å². The van der Waals surface area contributed by atoms with Crippen LogP contribution in [-0.4, -0.2) is 11.8 Å². The summed E-state index contributed by atoms with van der Waals surface area (Å²) in [5, 5.41) is 0.513. The van der Waals surface area contributed by atoms with E-state index in [1.807, 2.05) is 0 Å². The van der Waals surface area contributed by atoms with Crippen molar-refractivity contribution in [1.29, 1.82) is 0 Å². The number of hydrogen-bond donors (Lipinski definition) is 0. The van der Waals surface area contributed by atoms with Crippen molar-refractivity contribution in [3.8, 4) is 11.5 Å². The molecule has 1 heterocycles. The second-order valence-corrected chi connectivity index (χ2v) is 6.49. The fourth-order valence-corrected chi connectivity index (χ4v) is 2.86. The Kier molecular flexibility index (Phi) is 4.67. The Labute approximate surface area is 164 Å². The topological polar surface area (TPSA) is 52.6 Å². The number of hydrogen-bond acceptors (Lipinski definition) is 4. The summed E-state index contributed by atoms with van der Waals surface area (Å²) in [5.41, 5.74) is 1.19. The molecule has 3 aromatic rings. The highest BCUT2D eigenvalue weighted by molar-refractivity contribution is 6.30. The number of allylic oxidation sites excluding steroid dienone is 1. The lowest BCUT2D eigenvalue weighted by Gasteiger charge is -2.05. The lowest BCUT2D eigenvalue weighted by molar-refractivity contribution is 0.0734. The third-order valence-electron chi connectivity index (χ3n) is 4.08. The summed E-state index contributed by atoms with van der Waals surface area (Å²) >= 11 is 5.81. The van der Waals surface area contributed by atoms with E-state index in [0.29, 0.717) is 21.7 Å². The van der Waals surface area contributed by atoms with Gasteiger partial charge in [-0.3, -0.25) is 4.79 Å². The second-order valence-electron chi connectivity index (χ2n) is 6.05. The highest BCUT2D eigenvalue weighted by Crippen LogP contribution is 2.35. The molecule has 0 fully saturated rings. The van der Waals surface area contributed by atoms with Crippen LogP contribution in [0.4, 0.5) is 4.39 Å². The molecular weight excluding hydrogens is 383 g/mol. The van der Waals surface area contributed by atoms with E-state index in [1.54, 1.807) is 36.4 Å². The Bertz CT molecular complexity index is 1120. The SMILES string of the molecule is O=C(Oc1ccc2c(c1)O/C(=C\c1cccc(F)c1)C2=O)c1ccc(Cl)cc1. The standard InChI is InChI=1S/C22H12ClFO4/c23-15-6-4-14(5-7-15)22(26)27-17-8-9-18-19(12-17)28-20(21(18)25)11-13-2-1-3-16(24)10-13/h1-12H/b20-11-. The molecule has 0 N–H and O–H groups in total. The van der Waals surface area contributed by atoms with Crippen molar-refractivity contribution in [1.82, 2.24) is 0 Å². The smallest absolute Gasteiger partial charge is 0.343 e. The van der Waals surface area contributed by atoms with E-state index in [1.165, 1.54) is 36.4 Å². The van der Waals surface area contributed by atoms with Crippen LogP contribution in [0.1, 0.15) is 26.3 Å². The summed E-state index contributed by atoms with van der Waals surface area (Å²) in [4.78, 5) is 24.7. The van der Waals surface area contributed by atoms with Crippen LogP contribution in [0, 0.1) is 5.82 Å². The van der Waals surface area contributed by atoms with Crippen LogP contribution in [0.5, 0.6) is 11.5 Å². The minimum atomic E-state index is -0.559. The minimum Gasteiger partial charge on any atom is -0.452 e. The molecule has 0 atom stereocenters. The Hall–Kier alpha value is -3.44. The number of ether oxygens (including phenoxy) is 2. The normalized spacial score (nSPS) is 13.9. The molecule has 0 saturated heterocycles. The summed E-state index contributed by atoms with van der Waals surface area (Å²) in [7, 11) is 0. The van der Waals surface area contributed by atoms with Gasteiger partial charge >= 0.3 is 5.97 Å². The summed E-state index contributed by atoms with van der Waals surface area (Å²) in [6, 6.07) is 16.6. The van der Waals surface area contributed by atoms with E-state index in [0.717, 1.165) is 0 Å². The van der Waals surface area contributed by atoms with E-state index >= 15 is 0 Å². The lowest BCUT2D eigenvalue weighted by Crippen LogP contribution is -2.08. The van der Waals surface area contributed by atoms with Crippen LogP contribution >= 0.6 is 11.6 Å². The maximum Gasteiger partial charge on any atom is 0.343 e. The number of benzene rings is 3. The van der Waals surface area contributed by atoms with Crippen LogP contribution < -0.4 is 9.47 Å². The van der Waals surface area contributed by atoms with Gasteiger partial charge in [-0.1, -0.05) is 23.7 Å². The zero-order valence-electron chi connectivity index (χ0n) is 14.3. The Morgan fingerprint density at radius 1 is 1.04 bits per heavy atom. The first-order valence-electron chi connectivity index (χ1n) is 8.31. The Morgan fingerprint density at radius 3 is 2.57 bits per heavy atom. The van der Waals surface area contributed by atoms with Gasteiger partial charge in [-0.25, -0.2) is 9.18 Å². The largest absolute Gasteiger partial charge is 0.452 e. The molecule has 4 rings (SSSR count). The first-order chi connectivity index (χ1) is 13.5. The zero-order valence-corrected chi connectivity index (χ0v) is 15.1. The van der Waals surface area contributed by atoms with Crippen LogP contribution in [0.15, 0.2) is 72.5 Å². The average Bonchev–Trinajstić information content (AvgIpc) is 2.97. The third kappa shape index (κ3) is 3.66. The third-order valence-corrected chi connectivity index (χ3v) is 4.33. The van der Waals surface area contributed by atoms with E-state index in [4.69, 9.17) is 21.1 Å². The lowest BCUT2D eigenvalue weighted by atomic mass is 10.1. The number of carbonyl (C=O) groups excluding carboxylic acids is 2. The van der Waals surface area contributed by atoms with Gasteiger partial charge in [-0.05, 0) is 60.2 Å². The monoisotopic (exact) mass is 394 g/mol. The highest BCUT2D eigenvalue weighted by atomic mass is 35.5. The molecule has 28 heavy (non-hydrogen) atoms. The average molecular weight is 395 g/mol. The highest BCUT2D eigenvalue weighted by Gasteiger charge is 2.28. The van der Waals surface area contributed by atoms with Gasteiger partial charge in [0.2, 0.25) is 5.78 Å². The number of halogens is 2. The molecule has 3 aromatic carbocycles. The van der Waals surface area contributed by atoms with Crippen molar-refractivity contribution in [3.63, 3.8) is 0 Å². The van der Waals surface area contributed by atoms with Crippen LogP contribution in [-0.2, 0) is 0 Å². The number of fused-ring (bicyclic) bond motifs is 1. The van der Waals surface area contributed by atoms with Crippen molar-refractivity contribution in [2.24, 2.45) is 0 Å². The fourth-order valence-electron chi connectivity index (χ4n) is 2.73. The van der Waals surface area contributed by atoms with Crippen molar-refractivity contribution >= 4 is 29.4 Å². The molecule has 0 unspecified atom stereocenters. The van der Waals surface area contributed by atoms with Gasteiger partial charge in [-0.15, -0.1) is 0 Å². The molecule has 0 bridgehead atoms. The molecule has 0 aliphatic carbocycles. The predicted molar refractivity (Wildman–Crippen MR) is 102 cm³/mol. The van der Waals surface area contributed by atoms with Gasteiger partial charge in [0.1, 0.15) is 17.3 Å². The first kappa shape index (κ1) is 17.9. The quantitative estimate of drug-likeness (QED) is 0.343. The van der Waals surface area contributed by atoms with Gasteiger partial charge in [0.15, 0.2) is 5.76 Å². The molecule has 0 saturated carbocycles. The van der Waals surface area contributed by atoms with Gasteiger partial charge in [0.05, 0.1) is 11.1 Å². The molecular formula is C22H12ClFO4. The molecule has 0 amide bonds. The van der Waals surface area contributed by atoms with Crippen molar-refractivity contribution < 1.29 is 23.5 Å². The Balaban J connectivity index is 1.55. The second kappa shape index (κ2) is 7.29. The molecule has 0 radical (unpaired) electrons. The van der Waals surface area contributed by atoms with E-state index in [-0.39, 0.29) is 23.0 Å².